The summed E-state index contributed by atoms with van der Waals surface area (Å²) in [5.41, 5.74) is 0.676. The Balaban J connectivity index is 2.61. The second-order valence-corrected chi connectivity index (χ2v) is 4.07. The van der Waals surface area contributed by atoms with Crippen molar-refractivity contribution < 1.29 is 23.4 Å². The number of aliphatic hydroxyl groups is 1. The lowest BCUT2D eigenvalue weighted by Gasteiger charge is -2.15. The Morgan fingerprint density at radius 3 is 2.84 bits per heavy atom. The van der Waals surface area contributed by atoms with Crippen LogP contribution in [0, 0.1) is 0 Å². The molecule has 1 rings (SSSR count). The summed E-state index contributed by atoms with van der Waals surface area (Å²) in [7, 11) is 0. The lowest BCUT2D eigenvalue weighted by Crippen LogP contribution is -2.26. The Morgan fingerprint density at radius 2 is 2.21 bits per heavy atom. The van der Waals surface area contributed by atoms with Gasteiger partial charge in [-0.15, -0.1) is 0 Å². The van der Waals surface area contributed by atoms with Crippen molar-refractivity contribution in [2.24, 2.45) is 0 Å². The standard InChI is InChI=1S/C13H17F2NO3/c1-9(16-12(18)6-3-7-17)10-4-2-5-11(8-10)19-13(14)15/h2,4-5,8-9,13,17H,3,6-7H2,1H3,(H,16,18). The highest BCUT2D eigenvalue weighted by molar-refractivity contribution is 5.76. The van der Waals surface area contributed by atoms with Crippen LogP contribution in [0.1, 0.15) is 31.4 Å². The van der Waals surface area contributed by atoms with E-state index >= 15 is 0 Å². The summed E-state index contributed by atoms with van der Waals surface area (Å²) in [5, 5.41) is 11.3. The first kappa shape index (κ1) is 15.4. The molecule has 106 valence electrons. The van der Waals surface area contributed by atoms with E-state index in [0.717, 1.165) is 0 Å². The van der Waals surface area contributed by atoms with Crippen molar-refractivity contribution in [3.63, 3.8) is 0 Å². The summed E-state index contributed by atoms with van der Waals surface area (Å²) >= 11 is 0. The normalized spacial score (nSPS) is 12.3. The third kappa shape index (κ3) is 5.65. The van der Waals surface area contributed by atoms with Crippen LogP contribution in [0.15, 0.2) is 24.3 Å². The first-order valence-electron chi connectivity index (χ1n) is 5.98. The minimum Gasteiger partial charge on any atom is -0.435 e. The van der Waals surface area contributed by atoms with Gasteiger partial charge in [0.2, 0.25) is 5.91 Å². The summed E-state index contributed by atoms with van der Waals surface area (Å²) in [4.78, 5) is 11.5. The average Bonchev–Trinajstić information content (AvgIpc) is 2.35. The molecule has 1 amide bonds. The number of carbonyl (C=O) groups is 1. The summed E-state index contributed by atoms with van der Waals surface area (Å²) in [6, 6.07) is 5.88. The Morgan fingerprint density at radius 1 is 1.47 bits per heavy atom. The number of aliphatic hydroxyl groups excluding tert-OH is 1. The SMILES string of the molecule is CC(NC(=O)CCCO)c1cccc(OC(F)F)c1. The molecule has 1 aromatic rings. The van der Waals surface area contributed by atoms with Crippen LogP contribution in [-0.2, 0) is 4.79 Å². The van der Waals surface area contributed by atoms with Crippen LogP contribution in [0.4, 0.5) is 8.78 Å². The highest BCUT2D eigenvalue weighted by atomic mass is 19.3. The monoisotopic (exact) mass is 273 g/mol. The van der Waals surface area contributed by atoms with E-state index in [0.29, 0.717) is 12.0 Å². The van der Waals surface area contributed by atoms with Gasteiger partial charge >= 0.3 is 6.61 Å². The van der Waals surface area contributed by atoms with Crippen LogP contribution in [0.5, 0.6) is 5.75 Å². The van der Waals surface area contributed by atoms with Crippen LogP contribution in [0.25, 0.3) is 0 Å². The van der Waals surface area contributed by atoms with Crippen LogP contribution in [0.2, 0.25) is 0 Å². The molecule has 0 radical (unpaired) electrons. The van der Waals surface area contributed by atoms with Crippen molar-refractivity contribution in [2.45, 2.75) is 32.4 Å². The van der Waals surface area contributed by atoms with Gasteiger partial charge in [0.05, 0.1) is 6.04 Å². The molecule has 0 aliphatic heterocycles. The predicted octanol–water partition coefficient (Wildman–Crippen LogP) is 2.24. The van der Waals surface area contributed by atoms with E-state index in [-0.39, 0.29) is 30.7 Å². The maximum atomic E-state index is 12.1. The van der Waals surface area contributed by atoms with Crippen molar-refractivity contribution in [1.29, 1.82) is 0 Å². The number of carbonyl (C=O) groups excluding carboxylic acids is 1. The van der Waals surface area contributed by atoms with Crippen LogP contribution >= 0.6 is 0 Å². The Kier molecular flexibility index (Phi) is 6.21. The molecule has 0 heterocycles. The summed E-state index contributed by atoms with van der Waals surface area (Å²) in [6.45, 7) is -1.16. The van der Waals surface area contributed by atoms with E-state index in [2.05, 4.69) is 10.1 Å². The molecule has 19 heavy (non-hydrogen) atoms. The number of benzene rings is 1. The highest BCUT2D eigenvalue weighted by Gasteiger charge is 2.11. The Hall–Kier alpha value is -1.69. The second-order valence-electron chi connectivity index (χ2n) is 4.07. The minimum absolute atomic E-state index is 0.0421. The number of hydrogen-bond donors (Lipinski definition) is 2. The topological polar surface area (TPSA) is 58.6 Å². The fraction of sp³-hybridized carbons (Fsp3) is 0.462. The van der Waals surface area contributed by atoms with Gasteiger partial charge in [0.25, 0.3) is 0 Å². The third-order valence-corrected chi connectivity index (χ3v) is 2.52. The van der Waals surface area contributed by atoms with Gasteiger partial charge in [-0.2, -0.15) is 8.78 Å². The van der Waals surface area contributed by atoms with E-state index in [4.69, 9.17) is 5.11 Å². The van der Waals surface area contributed by atoms with Crippen molar-refractivity contribution in [3.05, 3.63) is 29.8 Å². The molecule has 4 nitrogen and oxygen atoms in total. The molecule has 0 spiro atoms. The molecular weight excluding hydrogens is 256 g/mol. The zero-order valence-electron chi connectivity index (χ0n) is 10.6. The lowest BCUT2D eigenvalue weighted by molar-refractivity contribution is -0.122. The molecule has 1 unspecified atom stereocenters. The molecule has 0 fully saturated rings. The number of hydrogen-bond acceptors (Lipinski definition) is 3. The number of rotatable bonds is 7. The molecule has 2 N–H and O–H groups in total. The summed E-state index contributed by atoms with van der Waals surface area (Å²) < 4.78 is 28.5. The number of nitrogens with one attached hydrogen (secondary N) is 1. The van der Waals surface area contributed by atoms with Gasteiger partial charge in [0.15, 0.2) is 0 Å². The molecule has 0 saturated carbocycles. The van der Waals surface area contributed by atoms with Crippen LogP contribution < -0.4 is 10.1 Å². The largest absolute Gasteiger partial charge is 0.435 e. The number of alkyl halides is 2. The van der Waals surface area contributed by atoms with Gasteiger partial charge in [0.1, 0.15) is 5.75 Å². The van der Waals surface area contributed by atoms with E-state index in [1.165, 1.54) is 12.1 Å². The Labute approximate surface area is 110 Å². The van der Waals surface area contributed by atoms with Crippen molar-refractivity contribution in [2.75, 3.05) is 6.61 Å². The molecule has 0 aromatic heterocycles. The predicted molar refractivity (Wildman–Crippen MR) is 66.0 cm³/mol. The van der Waals surface area contributed by atoms with Gasteiger partial charge in [-0.05, 0) is 31.0 Å². The van der Waals surface area contributed by atoms with E-state index in [9.17, 15) is 13.6 Å². The maximum absolute atomic E-state index is 12.1. The fourth-order valence-electron chi connectivity index (χ4n) is 1.60. The molecular formula is C13H17F2NO3. The van der Waals surface area contributed by atoms with E-state index in [1.807, 2.05) is 0 Å². The zero-order chi connectivity index (χ0) is 14.3. The summed E-state index contributed by atoms with van der Waals surface area (Å²) in [6.07, 6.45) is 0.626. The fourth-order valence-corrected chi connectivity index (χ4v) is 1.60. The van der Waals surface area contributed by atoms with Crippen LogP contribution in [-0.4, -0.2) is 24.2 Å². The third-order valence-electron chi connectivity index (χ3n) is 2.52. The molecule has 1 aromatic carbocycles. The molecule has 0 aliphatic carbocycles. The van der Waals surface area contributed by atoms with E-state index in [1.54, 1.807) is 19.1 Å². The highest BCUT2D eigenvalue weighted by Crippen LogP contribution is 2.20. The molecule has 1 atom stereocenters. The van der Waals surface area contributed by atoms with Crippen molar-refractivity contribution >= 4 is 5.91 Å². The van der Waals surface area contributed by atoms with Crippen molar-refractivity contribution in [3.8, 4) is 5.75 Å². The average molecular weight is 273 g/mol. The minimum atomic E-state index is -2.87. The lowest BCUT2D eigenvalue weighted by atomic mass is 10.1. The second kappa shape index (κ2) is 7.68. The molecule has 0 bridgehead atoms. The van der Waals surface area contributed by atoms with E-state index < -0.39 is 6.61 Å². The number of ether oxygens (including phenoxy) is 1. The van der Waals surface area contributed by atoms with Gasteiger partial charge in [-0.25, -0.2) is 0 Å². The van der Waals surface area contributed by atoms with Gasteiger partial charge in [-0.3, -0.25) is 4.79 Å². The first-order chi connectivity index (χ1) is 9.02. The van der Waals surface area contributed by atoms with Crippen LogP contribution in [0.3, 0.4) is 0 Å². The molecule has 0 aliphatic rings. The van der Waals surface area contributed by atoms with Gasteiger partial charge in [-0.1, -0.05) is 12.1 Å². The number of amides is 1. The van der Waals surface area contributed by atoms with Gasteiger partial charge < -0.3 is 15.2 Å². The zero-order valence-corrected chi connectivity index (χ0v) is 10.6. The summed E-state index contributed by atoms with van der Waals surface area (Å²) in [5.74, 6) is -0.134. The molecule has 0 saturated heterocycles. The smallest absolute Gasteiger partial charge is 0.387 e. The quantitative estimate of drug-likeness (QED) is 0.801. The maximum Gasteiger partial charge on any atom is 0.387 e. The molecule has 6 heteroatoms. The first-order valence-corrected chi connectivity index (χ1v) is 5.98. The number of halogens is 2. The Bertz CT molecular complexity index is 413. The van der Waals surface area contributed by atoms with Gasteiger partial charge in [0, 0.05) is 13.0 Å². The van der Waals surface area contributed by atoms with Crippen molar-refractivity contribution in [1.82, 2.24) is 5.32 Å².